The van der Waals surface area contributed by atoms with E-state index in [1.54, 1.807) is 0 Å². The molecular weight excluding hydrogens is 759 g/mol. The molecule has 0 atom stereocenters. The van der Waals surface area contributed by atoms with Crippen LogP contribution in [0.4, 0.5) is 0 Å². The van der Waals surface area contributed by atoms with Crippen LogP contribution in [0.25, 0.3) is 0 Å². The summed E-state index contributed by atoms with van der Waals surface area (Å²) in [5.74, 6) is 0. The first-order valence-corrected chi connectivity index (χ1v) is 40.2. The summed E-state index contributed by atoms with van der Waals surface area (Å²) in [7, 11) is 0. The van der Waals surface area contributed by atoms with Crippen molar-refractivity contribution in [1.82, 2.24) is 0 Å². The van der Waals surface area contributed by atoms with Gasteiger partial charge in [0.1, 0.15) is 0 Å². The van der Waals surface area contributed by atoms with Crippen molar-refractivity contribution in [2.24, 2.45) is 0 Å². The van der Waals surface area contributed by atoms with Crippen LogP contribution in [-0.2, 0) is 56.3 Å². The second-order valence-corrected chi connectivity index (χ2v) is 100. The summed E-state index contributed by atoms with van der Waals surface area (Å²) in [6.07, 6.45) is 0. The fourth-order valence-corrected chi connectivity index (χ4v) is 249. The standard InChI is InChI=1S/2CH3.4W/h2*1H3;;;;. The van der Waals surface area contributed by atoms with Crippen LogP contribution in [0.1, 0.15) is 0 Å². The van der Waals surface area contributed by atoms with E-state index >= 15 is 0 Å². The van der Waals surface area contributed by atoms with Gasteiger partial charge in [0.25, 0.3) is 0 Å². The molecular formula is C2H6W4. The molecule has 0 N–H and O–H groups in total. The quantitative estimate of drug-likeness (QED) is 0.397. The monoisotopic (exact) mass is 766 g/mol. The van der Waals surface area contributed by atoms with Gasteiger partial charge in [0.15, 0.2) is 0 Å². The van der Waals surface area contributed by atoms with Crippen molar-refractivity contribution in [3.63, 3.8) is 0 Å². The zero-order valence-corrected chi connectivity index (χ0v) is 15.4. The van der Waals surface area contributed by atoms with E-state index in [2.05, 4.69) is 10.6 Å². The van der Waals surface area contributed by atoms with Crippen LogP contribution >= 0.6 is 0 Å². The van der Waals surface area contributed by atoms with Crippen molar-refractivity contribution < 1.29 is 56.3 Å². The Morgan fingerprint density at radius 1 is 1.50 bits per heavy atom. The molecule has 0 rings (SSSR count). The molecule has 6 heavy (non-hydrogen) atoms. The first kappa shape index (κ1) is 8.75. The minimum absolute atomic E-state index is 0.336. The van der Waals surface area contributed by atoms with Gasteiger partial charge < -0.3 is 0 Å². The fourth-order valence-electron chi connectivity index (χ4n) is 0.0556. The molecule has 0 nitrogen and oxygen atoms in total. The summed E-state index contributed by atoms with van der Waals surface area (Å²) in [4.78, 5) is 0. The third-order valence-electron chi connectivity index (χ3n) is 0.164. The van der Waals surface area contributed by atoms with Crippen LogP contribution in [0.3, 0.4) is 0 Å². The third-order valence-corrected chi connectivity index (χ3v) is 199. The van der Waals surface area contributed by atoms with Crippen LogP contribution in [0.15, 0.2) is 0 Å². The van der Waals surface area contributed by atoms with E-state index in [1.807, 2.05) is 16.8 Å². The average Bonchev–Trinajstić information content (AvgIpc) is 1.35. The molecule has 0 aromatic heterocycles. The summed E-state index contributed by atoms with van der Waals surface area (Å²) < 4.78 is 0. The first-order chi connectivity index (χ1) is 2.77. The van der Waals surface area contributed by atoms with E-state index in [0.29, 0.717) is 25.1 Å². The van der Waals surface area contributed by atoms with E-state index in [1.165, 1.54) is 0 Å². The maximum absolute atomic E-state index is 2.58. The fraction of sp³-hybridized carbons (Fsp3) is 1.00. The van der Waals surface area contributed by atoms with Gasteiger partial charge in [-0.3, -0.25) is 0 Å². The second-order valence-electron chi connectivity index (χ2n) is 0.878. The Bertz CT molecular complexity index is 26.7. The van der Waals surface area contributed by atoms with Gasteiger partial charge in [-0.15, -0.1) is 0 Å². The van der Waals surface area contributed by atoms with E-state index in [0.717, 1.165) is 0 Å². The topological polar surface area (TPSA) is 0 Å². The van der Waals surface area contributed by atoms with Gasteiger partial charge in [0.05, 0.1) is 0 Å². The predicted octanol–water partition coefficient (Wildman–Crippen LogP) is 1.16. The molecule has 0 aliphatic rings. The summed E-state index contributed by atoms with van der Waals surface area (Å²) in [6, 6.07) is 0. The zero-order valence-electron chi connectivity index (χ0n) is 3.63. The molecule has 0 aliphatic carbocycles. The normalized spacial score (nSPS) is 9.83. The van der Waals surface area contributed by atoms with Gasteiger partial charge in [-0.05, 0) is 0 Å². The Hall–Kier alpha value is 2.75. The molecule has 0 bridgehead atoms. The van der Waals surface area contributed by atoms with Crippen molar-refractivity contribution in [2.45, 2.75) is 10.6 Å². The van der Waals surface area contributed by atoms with Crippen molar-refractivity contribution in [3.8, 4) is 0 Å². The predicted molar refractivity (Wildman–Crippen MR) is 11.7 cm³/mol. The number of hydrogen-bond acceptors (Lipinski definition) is 0. The molecule has 0 heterocycles. The van der Waals surface area contributed by atoms with Crippen LogP contribution in [0, 0.1) is 0 Å². The summed E-state index contributed by atoms with van der Waals surface area (Å²) in [5, 5.41) is 5.15. The minimum atomic E-state index is -0.336. The Labute approximate surface area is 65.4 Å². The van der Waals surface area contributed by atoms with Gasteiger partial charge in [0.2, 0.25) is 0 Å². The SMILES string of the molecule is [CH3][W]([CH3])[W][W][W]. The Morgan fingerprint density at radius 2 is 2.00 bits per heavy atom. The second kappa shape index (κ2) is 5.88. The average molecular weight is 765 g/mol. The Kier molecular flexibility index (Phi) is 8.58. The van der Waals surface area contributed by atoms with Crippen molar-refractivity contribution in [3.05, 3.63) is 0 Å². The molecule has 0 saturated heterocycles. The van der Waals surface area contributed by atoms with Crippen LogP contribution in [0.2, 0.25) is 10.6 Å². The molecule has 0 spiro atoms. The molecule has 0 aromatic carbocycles. The van der Waals surface area contributed by atoms with Gasteiger partial charge in [0, 0.05) is 0 Å². The number of rotatable bonds is 2. The molecule has 0 saturated carbocycles. The molecule has 38 valence electrons. The zero-order chi connectivity index (χ0) is 4.99. The van der Waals surface area contributed by atoms with Gasteiger partial charge >= 0.3 is 66.9 Å². The van der Waals surface area contributed by atoms with Crippen LogP contribution in [-0.4, -0.2) is 0 Å². The maximum atomic E-state index is 2.58. The van der Waals surface area contributed by atoms with E-state index < -0.39 is 0 Å². The molecule has 0 aromatic rings. The summed E-state index contributed by atoms with van der Waals surface area (Å²) >= 11 is 2.73. The van der Waals surface area contributed by atoms with Crippen LogP contribution < -0.4 is 0 Å². The third kappa shape index (κ3) is 6.75. The Balaban J connectivity index is 2.63. The van der Waals surface area contributed by atoms with Crippen molar-refractivity contribution in [2.75, 3.05) is 0 Å². The van der Waals surface area contributed by atoms with Crippen molar-refractivity contribution in [1.29, 1.82) is 0 Å². The molecule has 0 amide bonds. The van der Waals surface area contributed by atoms with E-state index in [4.69, 9.17) is 0 Å². The molecule has 4 heteroatoms. The van der Waals surface area contributed by atoms with Crippen LogP contribution in [0.5, 0.6) is 0 Å². The molecule has 0 aliphatic heterocycles. The van der Waals surface area contributed by atoms with Gasteiger partial charge in [-0.1, -0.05) is 0 Å². The Morgan fingerprint density at radius 3 is 2.00 bits per heavy atom. The van der Waals surface area contributed by atoms with E-state index in [-0.39, 0.29) is 14.3 Å². The number of hydrogen-bond donors (Lipinski definition) is 0. The van der Waals surface area contributed by atoms with E-state index in [9.17, 15) is 0 Å². The van der Waals surface area contributed by atoms with Gasteiger partial charge in [-0.25, -0.2) is 0 Å². The molecule has 0 radical (unpaired) electrons. The molecule has 0 fully saturated rings. The summed E-state index contributed by atoms with van der Waals surface area (Å²) in [5.41, 5.74) is 0. The van der Waals surface area contributed by atoms with Crippen molar-refractivity contribution >= 4 is 0 Å². The van der Waals surface area contributed by atoms with Gasteiger partial charge in [-0.2, -0.15) is 0 Å². The molecule has 0 unspecified atom stereocenters. The summed E-state index contributed by atoms with van der Waals surface area (Å²) in [6.45, 7) is 0. The first-order valence-electron chi connectivity index (χ1n) is 1.32.